The Kier molecular flexibility index (Phi) is 4.95. The molecule has 3 atom stereocenters. The van der Waals surface area contributed by atoms with Crippen LogP contribution in [-0.4, -0.2) is 34.7 Å². The summed E-state index contributed by atoms with van der Waals surface area (Å²) in [6, 6.07) is 3.93. The van der Waals surface area contributed by atoms with E-state index in [0.717, 1.165) is 24.8 Å². The Morgan fingerprint density at radius 1 is 1.27 bits per heavy atom. The molecule has 0 aromatic carbocycles. The average Bonchev–Trinajstić information content (AvgIpc) is 3.45. The number of rotatable bonds is 6. The quantitative estimate of drug-likeness (QED) is 0.818. The normalized spacial score (nSPS) is 24.3. The highest BCUT2D eigenvalue weighted by Crippen LogP contribution is 2.48. The van der Waals surface area contributed by atoms with Crippen LogP contribution < -0.4 is 10.6 Å². The minimum Gasteiger partial charge on any atom is -0.444 e. The van der Waals surface area contributed by atoms with Gasteiger partial charge in [-0.2, -0.15) is 0 Å². The van der Waals surface area contributed by atoms with Crippen molar-refractivity contribution in [2.75, 3.05) is 6.54 Å². The van der Waals surface area contributed by atoms with E-state index in [1.807, 2.05) is 46.0 Å². The number of carbonyl (C=O) groups is 2. The minimum absolute atomic E-state index is 0.00111. The zero-order chi connectivity index (χ0) is 18.9. The second kappa shape index (κ2) is 6.89. The zero-order valence-electron chi connectivity index (χ0n) is 16.0. The van der Waals surface area contributed by atoms with Crippen LogP contribution in [0.25, 0.3) is 0 Å². The molecule has 0 spiro atoms. The lowest BCUT2D eigenvalue weighted by Gasteiger charge is -2.32. The Morgan fingerprint density at radius 3 is 2.58 bits per heavy atom. The van der Waals surface area contributed by atoms with Crippen LogP contribution in [0.4, 0.5) is 4.79 Å². The Labute approximate surface area is 155 Å². The monoisotopic (exact) mass is 359 g/mol. The fourth-order valence-electron chi connectivity index (χ4n) is 3.40. The first kappa shape index (κ1) is 18.7. The number of alkyl carbamates (subject to hydrolysis) is 1. The van der Waals surface area contributed by atoms with Crippen LogP contribution in [0, 0.1) is 11.8 Å². The predicted octanol–water partition coefficient (Wildman–Crippen LogP) is 2.99. The lowest BCUT2D eigenvalue weighted by atomic mass is 9.95. The van der Waals surface area contributed by atoms with Crippen LogP contribution >= 0.6 is 0 Å². The molecule has 2 aliphatic carbocycles. The summed E-state index contributed by atoms with van der Waals surface area (Å²) in [5.74, 6) is 0.723. The summed E-state index contributed by atoms with van der Waals surface area (Å²) < 4.78 is 5.30. The molecular weight excluding hydrogens is 330 g/mol. The molecule has 142 valence electrons. The molecular formula is C20H29N3O3. The van der Waals surface area contributed by atoms with Crippen molar-refractivity contribution >= 4 is 12.0 Å². The van der Waals surface area contributed by atoms with E-state index in [1.165, 1.54) is 0 Å². The molecule has 3 unspecified atom stereocenters. The van der Waals surface area contributed by atoms with E-state index in [0.29, 0.717) is 12.5 Å². The first-order valence-electron chi connectivity index (χ1n) is 9.37. The summed E-state index contributed by atoms with van der Waals surface area (Å²) in [5, 5.41) is 6.03. The minimum atomic E-state index is -0.533. The third-order valence-electron chi connectivity index (χ3n) is 5.13. The van der Waals surface area contributed by atoms with Gasteiger partial charge >= 0.3 is 6.09 Å². The number of ether oxygens (including phenoxy) is 1. The van der Waals surface area contributed by atoms with Gasteiger partial charge in [0.2, 0.25) is 5.91 Å². The number of nitrogens with one attached hydrogen (secondary N) is 2. The summed E-state index contributed by atoms with van der Waals surface area (Å²) in [6.45, 7) is 7.89. The first-order valence-corrected chi connectivity index (χ1v) is 9.37. The molecule has 1 heterocycles. The molecule has 6 nitrogen and oxygen atoms in total. The van der Waals surface area contributed by atoms with Gasteiger partial charge in [0.05, 0.1) is 5.54 Å². The highest BCUT2D eigenvalue weighted by atomic mass is 16.6. The van der Waals surface area contributed by atoms with Crippen molar-refractivity contribution in [2.24, 2.45) is 11.8 Å². The van der Waals surface area contributed by atoms with E-state index in [4.69, 9.17) is 4.74 Å². The molecule has 0 aliphatic heterocycles. The van der Waals surface area contributed by atoms with Crippen LogP contribution in [0.3, 0.4) is 0 Å². The lowest BCUT2D eigenvalue weighted by Crippen LogP contribution is -2.56. The van der Waals surface area contributed by atoms with Gasteiger partial charge in [0, 0.05) is 24.9 Å². The smallest absolute Gasteiger partial charge is 0.407 e. The van der Waals surface area contributed by atoms with Gasteiger partial charge in [0.1, 0.15) is 5.60 Å². The maximum Gasteiger partial charge on any atom is 0.407 e. The van der Waals surface area contributed by atoms with Crippen LogP contribution in [0.15, 0.2) is 24.5 Å². The van der Waals surface area contributed by atoms with E-state index in [9.17, 15) is 9.59 Å². The largest absolute Gasteiger partial charge is 0.444 e. The van der Waals surface area contributed by atoms with E-state index in [1.54, 1.807) is 6.20 Å². The van der Waals surface area contributed by atoms with Gasteiger partial charge in [-0.3, -0.25) is 9.78 Å². The molecule has 2 fully saturated rings. The van der Waals surface area contributed by atoms with Crippen molar-refractivity contribution in [1.29, 1.82) is 0 Å². The summed E-state index contributed by atoms with van der Waals surface area (Å²) >= 11 is 0. The topological polar surface area (TPSA) is 80.3 Å². The third kappa shape index (κ3) is 4.74. The number of hydrogen-bond acceptors (Lipinski definition) is 4. The van der Waals surface area contributed by atoms with Crippen molar-refractivity contribution in [1.82, 2.24) is 15.6 Å². The van der Waals surface area contributed by atoms with E-state index in [-0.39, 0.29) is 17.7 Å². The van der Waals surface area contributed by atoms with Crippen LogP contribution in [0.1, 0.15) is 58.4 Å². The second-order valence-corrected chi connectivity index (χ2v) is 8.77. The van der Waals surface area contributed by atoms with Crippen molar-refractivity contribution in [3.05, 3.63) is 30.1 Å². The van der Waals surface area contributed by atoms with E-state index < -0.39 is 17.2 Å². The van der Waals surface area contributed by atoms with Gasteiger partial charge in [0.15, 0.2) is 0 Å². The summed E-state index contributed by atoms with van der Waals surface area (Å²) in [6.07, 6.45) is 6.14. The molecule has 3 rings (SSSR count). The summed E-state index contributed by atoms with van der Waals surface area (Å²) in [7, 11) is 0. The summed E-state index contributed by atoms with van der Waals surface area (Å²) in [4.78, 5) is 28.8. The standard InChI is InChI=1S/C20H29N3O3/c1-19(2,3)26-18(25)22-12-20(4,14-7-8-14)23-17(24)16-10-15(16)13-6-5-9-21-11-13/h5-6,9,11,14-16H,7-8,10,12H2,1-4H3,(H,22,25)(H,23,24). The van der Waals surface area contributed by atoms with Gasteiger partial charge in [-0.05, 0) is 70.4 Å². The van der Waals surface area contributed by atoms with Crippen molar-refractivity contribution < 1.29 is 14.3 Å². The SMILES string of the molecule is CC(C)(C)OC(=O)NCC(C)(NC(=O)C1CC1c1cccnc1)C1CC1. The molecule has 0 bridgehead atoms. The highest BCUT2D eigenvalue weighted by molar-refractivity contribution is 5.83. The fraction of sp³-hybridized carbons (Fsp3) is 0.650. The van der Waals surface area contributed by atoms with Crippen LogP contribution in [0.5, 0.6) is 0 Å². The molecule has 0 saturated heterocycles. The Bertz CT molecular complexity index is 667. The Hall–Kier alpha value is -2.11. The van der Waals surface area contributed by atoms with Gasteiger partial charge in [-0.1, -0.05) is 6.07 Å². The molecule has 26 heavy (non-hydrogen) atoms. The average molecular weight is 359 g/mol. The highest BCUT2D eigenvalue weighted by Gasteiger charge is 2.49. The maximum absolute atomic E-state index is 12.7. The first-order chi connectivity index (χ1) is 12.2. The van der Waals surface area contributed by atoms with Gasteiger partial charge in [-0.25, -0.2) is 4.79 Å². The summed E-state index contributed by atoms with van der Waals surface area (Å²) in [5.41, 5.74) is 0.150. The van der Waals surface area contributed by atoms with Crippen LogP contribution in [-0.2, 0) is 9.53 Å². The van der Waals surface area contributed by atoms with E-state index in [2.05, 4.69) is 15.6 Å². The molecule has 1 aromatic heterocycles. The molecule has 2 aliphatic rings. The molecule has 2 saturated carbocycles. The number of pyridine rings is 1. The number of amides is 2. The van der Waals surface area contributed by atoms with E-state index >= 15 is 0 Å². The number of aromatic nitrogens is 1. The molecule has 1 aromatic rings. The van der Waals surface area contributed by atoms with Gasteiger partial charge in [0.25, 0.3) is 0 Å². The number of nitrogens with zero attached hydrogens (tertiary/aromatic N) is 1. The molecule has 0 radical (unpaired) electrons. The molecule has 2 N–H and O–H groups in total. The van der Waals surface area contributed by atoms with Crippen molar-refractivity contribution in [3.63, 3.8) is 0 Å². The second-order valence-electron chi connectivity index (χ2n) is 8.77. The Morgan fingerprint density at radius 2 is 2.00 bits per heavy atom. The van der Waals surface area contributed by atoms with Gasteiger partial charge < -0.3 is 15.4 Å². The molecule has 2 amide bonds. The number of carbonyl (C=O) groups excluding carboxylic acids is 2. The third-order valence-corrected chi connectivity index (χ3v) is 5.13. The fourth-order valence-corrected chi connectivity index (χ4v) is 3.40. The zero-order valence-corrected chi connectivity index (χ0v) is 16.0. The van der Waals surface area contributed by atoms with Crippen molar-refractivity contribution in [3.8, 4) is 0 Å². The number of hydrogen-bond donors (Lipinski definition) is 2. The molecule has 6 heteroatoms. The van der Waals surface area contributed by atoms with Crippen LogP contribution in [0.2, 0.25) is 0 Å². The van der Waals surface area contributed by atoms with Crippen molar-refractivity contribution in [2.45, 2.75) is 64.0 Å². The Balaban J connectivity index is 1.55. The predicted molar refractivity (Wildman–Crippen MR) is 98.6 cm³/mol. The van der Waals surface area contributed by atoms with Gasteiger partial charge in [-0.15, -0.1) is 0 Å². The lowest BCUT2D eigenvalue weighted by molar-refractivity contribution is -0.124. The maximum atomic E-state index is 12.7.